The summed E-state index contributed by atoms with van der Waals surface area (Å²) in [5.41, 5.74) is 5.45. The van der Waals surface area contributed by atoms with Gasteiger partial charge in [0.05, 0.1) is 16.2 Å². The van der Waals surface area contributed by atoms with Gasteiger partial charge >= 0.3 is 0 Å². The van der Waals surface area contributed by atoms with E-state index in [1.807, 2.05) is 6.26 Å². The number of benzene rings is 1. The van der Waals surface area contributed by atoms with Crippen molar-refractivity contribution in [3.05, 3.63) is 28.8 Å². The smallest absolute Gasteiger partial charge is 0.252 e. The third-order valence-electron chi connectivity index (χ3n) is 2.32. The summed E-state index contributed by atoms with van der Waals surface area (Å²) in [6.45, 7) is 1.84. The Bertz CT molecular complexity index is 438. The number of nitrogens with two attached hydrogens (primary N) is 1. The molecule has 1 unspecified atom stereocenters. The van der Waals surface area contributed by atoms with Crippen molar-refractivity contribution in [1.82, 2.24) is 5.32 Å². The highest BCUT2D eigenvalue weighted by Crippen LogP contribution is 2.19. The minimum Gasteiger partial charge on any atom is -0.399 e. The molecule has 100 valence electrons. The molecule has 0 aliphatic heterocycles. The van der Waals surface area contributed by atoms with E-state index in [-0.39, 0.29) is 12.5 Å². The van der Waals surface area contributed by atoms with E-state index in [1.54, 1.807) is 19.1 Å². The van der Waals surface area contributed by atoms with Gasteiger partial charge in [0.15, 0.2) is 0 Å². The number of nitrogen functional groups attached to an aromatic ring is 1. The quantitative estimate of drug-likeness (QED) is 0.722. The van der Waals surface area contributed by atoms with Crippen molar-refractivity contribution in [1.29, 1.82) is 0 Å². The first-order valence-corrected chi connectivity index (χ1v) is 7.17. The van der Waals surface area contributed by atoms with Crippen LogP contribution in [-0.2, 0) is 0 Å². The molecule has 1 rings (SSSR count). The molecule has 1 amide bonds. The predicted molar refractivity (Wildman–Crippen MR) is 77.2 cm³/mol. The van der Waals surface area contributed by atoms with Gasteiger partial charge < -0.3 is 16.2 Å². The van der Waals surface area contributed by atoms with Gasteiger partial charge in [-0.2, -0.15) is 11.8 Å². The van der Waals surface area contributed by atoms with E-state index in [0.29, 0.717) is 22.0 Å². The van der Waals surface area contributed by atoms with Crippen LogP contribution in [0.4, 0.5) is 5.69 Å². The Morgan fingerprint density at radius 3 is 2.89 bits per heavy atom. The molecule has 0 aliphatic carbocycles. The largest absolute Gasteiger partial charge is 0.399 e. The number of nitrogens with one attached hydrogen (secondary N) is 1. The summed E-state index contributed by atoms with van der Waals surface area (Å²) in [5, 5.41) is 12.9. The van der Waals surface area contributed by atoms with E-state index in [4.69, 9.17) is 17.3 Å². The van der Waals surface area contributed by atoms with Crippen LogP contribution in [0.5, 0.6) is 0 Å². The maximum Gasteiger partial charge on any atom is 0.252 e. The molecule has 0 aliphatic rings. The fraction of sp³-hybridized carbons (Fsp3) is 0.417. The van der Waals surface area contributed by atoms with Crippen LogP contribution in [0.25, 0.3) is 0 Å². The van der Waals surface area contributed by atoms with Gasteiger partial charge in [0.25, 0.3) is 5.91 Å². The topological polar surface area (TPSA) is 75.3 Å². The standard InChI is InChI=1S/C12H17ClN2O2S/c1-12(17,7-18-2)6-15-11(16)9-5-8(14)3-4-10(9)13/h3-5,17H,6-7,14H2,1-2H3,(H,15,16). The van der Waals surface area contributed by atoms with Gasteiger partial charge in [-0.1, -0.05) is 11.6 Å². The highest BCUT2D eigenvalue weighted by molar-refractivity contribution is 7.98. The van der Waals surface area contributed by atoms with E-state index in [1.165, 1.54) is 17.8 Å². The van der Waals surface area contributed by atoms with E-state index in [0.717, 1.165) is 0 Å². The van der Waals surface area contributed by atoms with Gasteiger partial charge in [0, 0.05) is 18.0 Å². The van der Waals surface area contributed by atoms with Crippen LogP contribution in [0.15, 0.2) is 18.2 Å². The number of thioether (sulfide) groups is 1. The Kier molecular flexibility index (Phi) is 5.31. The third kappa shape index (κ3) is 4.40. The molecule has 1 aromatic carbocycles. The zero-order valence-electron chi connectivity index (χ0n) is 10.4. The first-order chi connectivity index (χ1) is 8.35. The predicted octanol–water partition coefficient (Wildman–Crippen LogP) is 1.77. The Hall–Kier alpha value is -0.910. The molecule has 0 saturated carbocycles. The second-order valence-corrected chi connectivity index (χ2v) is 5.63. The minimum absolute atomic E-state index is 0.164. The van der Waals surface area contributed by atoms with Crippen LogP contribution >= 0.6 is 23.4 Å². The van der Waals surface area contributed by atoms with Crippen LogP contribution in [0, 0.1) is 0 Å². The fourth-order valence-corrected chi connectivity index (χ4v) is 2.37. The number of halogens is 1. The Labute approximate surface area is 116 Å². The lowest BCUT2D eigenvalue weighted by Crippen LogP contribution is -2.42. The molecule has 0 radical (unpaired) electrons. The molecule has 18 heavy (non-hydrogen) atoms. The molecule has 1 aromatic rings. The molecule has 0 heterocycles. The monoisotopic (exact) mass is 288 g/mol. The van der Waals surface area contributed by atoms with Crippen molar-refractivity contribution >= 4 is 35.0 Å². The van der Waals surface area contributed by atoms with Gasteiger partial charge in [-0.15, -0.1) is 0 Å². The zero-order chi connectivity index (χ0) is 13.8. The lowest BCUT2D eigenvalue weighted by Gasteiger charge is -2.22. The summed E-state index contributed by atoms with van der Waals surface area (Å²) >= 11 is 7.43. The maximum atomic E-state index is 11.9. The minimum atomic E-state index is -0.943. The van der Waals surface area contributed by atoms with Crippen LogP contribution in [0.3, 0.4) is 0 Å². The lowest BCUT2D eigenvalue weighted by molar-refractivity contribution is 0.0725. The van der Waals surface area contributed by atoms with Gasteiger partial charge in [-0.3, -0.25) is 4.79 Å². The molecule has 6 heteroatoms. The highest BCUT2D eigenvalue weighted by atomic mass is 35.5. The van der Waals surface area contributed by atoms with Crippen molar-refractivity contribution in [3.63, 3.8) is 0 Å². The number of hydrogen-bond donors (Lipinski definition) is 3. The van der Waals surface area contributed by atoms with Gasteiger partial charge in [-0.25, -0.2) is 0 Å². The average Bonchev–Trinajstić information content (AvgIpc) is 2.29. The molecule has 0 fully saturated rings. The number of carbonyl (C=O) groups is 1. The molecule has 0 spiro atoms. The summed E-state index contributed by atoms with van der Waals surface area (Å²) in [6, 6.07) is 4.72. The first kappa shape index (κ1) is 15.1. The van der Waals surface area contributed by atoms with Crippen LogP contribution in [0.2, 0.25) is 5.02 Å². The normalized spacial score (nSPS) is 14.0. The molecule has 4 nitrogen and oxygen atoms in total. The number of anilines is 1. The Morgan fingerprint density at radius 1 is 1.61 bits per heavy atom. The molecule has 0 bridgehead atoms. The van der Waals surface area contributed by atoms with Crippen LogP contribution in [0.1, 0.15) is 17.3 Å². The van der Waals surface area contributed by atoms with Crippen molar-refractivity contribution < 1.29 is 9.90 Å². The molecular weight excluding hydrogens is 272 g/mol. The Balaban J connectivity index is 2.69. The molecule has 0 saturated heterocycles. The second kappa shape index (κ2) is 6.31. The van der Waals surface area contributed by atoms with E-state index in [2.05, 4.69) is 5.32 Å². The summed E-state index contributed by atoms with van der Waals surface area (Å²) in [6.07, 6.45) is 1.89. The van der Waals surface area contributed by atoms with Crippen molar-refractivity contribution in [2.75, 3.05) is 24.3 Å². The summed E-state index contributed by atoms with van der Waals surface area (Å²) in [7, 11) is 0. The molecule has 0 aromatic heterocycles. The zero-order valence-corrected chi connectivity index (χ0v) is 11.9. The second-order valence-electron chi connectivity index (χ2n) is 4.35. The van der Waals surface area contributed by atoms with Crippen molar-refractivity contribution in [2.24, 2.45) is 0 Å². The number of amides is 1. The number of carbonyl (C=O) groups excluding carboxylic acids is 1. The fourth-order valence-electron chi connectivity index (χ4n) is 1.44. The van der Waals surface area contributed by atoms with Crippen LogP contribution in [-0.4, -0.2) is 35.2 Å². The van der Waals surface area contributed by atoms with Gasteiger partial charge in [0.2, 0.25) is 0 Å². The molecule has 1 atom stereocenters. The molecule has 4 N–H and O–H groups in total. The van der Waals surface area contributed by atoms with E-state index in [9.17, 15) is 9.90 Å². The summed E-state index contributed by atoms with van der Waals surface area (Å²) < 4.78 is 0. The summed E-state index contributed by atoms with van der Waals surface area (Å²) in [4.78, 5) is 11.9. The summed E-state index contributed by atoms with van der Waals surface area (Å²) in [5.74, 6) is 0.200. The molecular formula is C12H17ClN2O2S. The first-order valence-electron chi connectivity index (χ1n) is 5.40. The maximum absolute atomic E-state index is 11.9. The van der Waals surface area contributed by atoms with Crippen LogP contribution < -0.4 is 11.1 Å². The SMILES string of the molecule is CSCC(C)(O)CNC(=O)c1cc(N)ccc1Cl. The lowest BCUT2D eigenvalue weighted by atomic mass is 10.1. The number of hydrogen-bond acceptors (Lipinski definition) is 4. The van der Waals surface area contributed by atoms with E-state index >= 15 is 0 Å². The van der Waals surface area contributed by atoms with Crippen molar-refractivity contribution in [2.45, 2.75) is 12.5 Å². The number of rotatable bonds is 5. The van der Waals surface area contributed by atoms with E-state index < -0.39 is 5.60 Å². The van der Waals surface area contributed by atoms with Gasteiger partial charge in [0.1, 0.15) is 0 Å². The van der Waals surface area contributed by atoms with Gasteiger partial charge in [-0.05, 0) is 31.4 Å². The van der Waals surface area contributed by atoms with Crippen molar-refractivity contribution in [3.8, 4) is 0 Å². The highest BCUT2D eigenvalue weighted by Gasteiger charge is 2.21. The Morgan fingerprint density at radius 2 is 2.28 bits per heavy atom. The average molecular weight is 289 g/mol. The third-order valence-corrected chi connectivity index (χ3v) is 3.56. The number of aliphatic hydroxyl groups is 1.